The van der Waals surface area contributed by atoms with Gasteiger partial charge in [0.05, 0.1) is 9.88 Å². The molecule has 2 aliphatic heterocycles. The predicted octanol–water partition coefficient (Wildman–Crippen LogP) is 0.996. The quantitative estimate of drug-likeness (QED) is 0.654. The van der Waals surface area contributed by atoms with Gasteiger partial charge in [-0.25, -0.2) is 8.42 Å². The molecule has 0 amide bonds. The van der Waals surface area contributed by atoms with E-state index in [2.05, 4.69) is 33.7 Å². The Morgan fingerprint density at radius 3 is 1.93 bits per heavy atom. The van der Waals surface area contributed by atoms with E-state index in [1.807, 2.05) is 12.1 Å². The van der Waals surface area contributed by atoms with Crippen molar-refractivity contribution in [1.29, 1.82) is 0 Å². The van der Waals surface area contributed by atoms with Gasteiger partial charge in [0.25, 0.3) is 0 Å². The van der Waals surface area contributed by atoms with Crippen LogP contribution >= 0.6 is 12.2 Å². The first-order valence-corrected chi connectivity index (χ1v) is 12.2. The van der Waals surface area contributed by atoms with E-state index in [0.717, 1.165) is 69.5 Å². The molecular formula is C20H32N4O2S2. The summed E-state index contributed by atoms with van der Waals surface area (Å²) in [6.45, 7) is 9.06. The van der Waals surface area contributed by atoms with Crippen molar-refractivity contribution in [2.24, 2.45) is 0 Å². The van der Waals surface area contributed by atoms with Crippen molar-refractivity contribution in [3.8, 4) is 0 Å². The molecule has 1 atom stereocenters. The van der Waals surface area contributed by atoms with Gasteiger partial charge >= 0.3 is 0 Å². The summed E-state index contributed by atoms with van der Waals surface area (Å²) in [4.78, 5) is 10.8. The van der Waals surface area contributed by atoms with E-state index >= 15 is 0 Å². The van der Waals surface area contributed by atoms with Crippen LogP contribution in [0.4, 0.5) is 0 Å². The summed E-state index contributed by atoms with van der Waals surface area (Å²) in [5.74, 6) is 0.107. The van der Waals surface area contributed by atoms with Crippen LogP contribution in [0.3, 0.4) is 0 Å². The minimum Gasteiger partial charge on any atom is -0.363 e. The molecule has 0 aromatic heterocycles. The number of likely N-dealkylation sites (N-methyl/N-ethyl adjacent to an activating group) is 2. The van der Waals surface area contributed by atoms with E-state index in [1.165, 1.54) is 6.26 Å². The van der Waals surface area contributed by atoms with Crippen LogP contribution in [0.15, 0.2) is 29.2 Å². The minimum absolute atomic E-state index is 0.107. The van der Waals surface area contributed by atoms with Crippen LogP contribution in [-0.4, -0.2) is 112 Å². The maximum atomic E-state index is 11.8. The summed E-state index contributed by atoms with van der Waals surface area (Å²) in [6.07, 6.45) is 1.25. The van der Waals surface area contributed by atoms with Gasteiger partial charge < -0.3 is 14.7 Å². The maximum Gasteiger partial charge on any atom is 0.175 e. The third-order valence-corrected chi connectivity index (χ3v) is 7.53. The third-order valence-electron chi connectivity index (χ3n) is 5.86. The summed E-state index contributed by atoms with van der Waals surface area (Å²) >= 11 is 5.97. The molecule has 0 radical (unpaired) electrons. The fourth-order valence-electron chi connectivity index (χ4n) is 3.81. The zero-order valence-corrected chi connectivity index (χ0v) is 18.8. The predicted molar refractivity (Wildman–Crippen MR) is 118 cm³/mol. The van der Waals surface area contributed by atoms with E-state index in [0.29, 0.717) is 4.90 Å². The van der Waals surface area contributed by atoms with Gasteiger partial charge in [0, 0.05) is 71.1 Å². The molecule has 6 nitrogen and oxygen atoms in total. The lowest BCUT2D eigenvalue weighted by atomic mass is 9.96. The molecule has 0 bridgehead atoms. The Morgan fingerprint density at radius 1 is 0.929 bits per heavy atom. The molecule has 156 valence electrons. The smallest absolute Gasteiger partial charge is 0.175 e. The van der Waals surface area contributed by atoms with Crippen LogP contribution in [0, 0.1) is 0 Å². The average molecular weight is 425 g/mol. The second kappa shape index (κ2) is 9.17. The molecule has 2 heterocycles. The molecule has 0 N–H and O–H groups in total. The van der Waals surface area contributed by atoms with Crippen molar-refractivity contribution in [2.45, 2.75) is 10.8 Å². The van der Waals surface area contributed by atoms with Crippen molar-refractivity contribution in [2.75, 3.05) is 79.3 Å². The van der Waals surface area contributed by atoms with Crippen LogP contribution in [0.1, 0.15) is 11.5 Å². The SMILES string of the molecule is CN1CCN(CC(C(=S)N2CCN(C)CC2)c2ccc(S(C)(=O)=O)cc2)CC1. The lowest BCUT2D eigenvalue weighted by Gasteiger charge is -2.39. The van der Waals surface area contributed by atoms with E-state index in [1.54, 1.807) is 12.1 Å². The van der Waals surface area contributed by atoms with Crippen molar-refractivity contribution in [3.05, 3.63) is 29.8 Å². The molecule has 0 saturated carbocycles. The fraction of sp³-hybridized carbons (Fsp3) is 0.650. The zero-order chi connectivity index (χ0) is 20.3. The van der Waals surface area contributed by atoms with Gasteiger partial charge in [0.2, 0.25) is 0 Å². The monoisotopic (exact) mass is 424 g/mol. The van der Waals surface area contributed by atoms with E-state index < -0.39 is 9.84 Å². The van der Waals surface area contributed by atoms with Crippen LogP contribution in [0.2, 0.25) is 0 Å². The van der Waals surface area contributed by atoms with Crippen molar-refractivity contribution < 1.29 is 8.42 Å². The second-order valence-electron chi connectivity index (χ2n) is 8.13. The summed E-state index contributed by atoms with van der Waals surface area (Å²) in [5, 5.41) is 0. The van der Waals surface area contributed by atoms with Crippen LogP contribution < -0.4 is 0 Å². The highest BCUT2D eigenvalue weighted by atomic mass is 32.2. The minimum atomic E-state index is -3.19. The van der Waals surface area contributed by atoms with Crippen LogP contribution in [0.5, 0.6) is 0 Å². The van der Waals surface area contributed by atoms with Crippen molar-refractivity contribution >= 4 is 27.0 Å². The van der Waals surface area contributed by atoms with Gasteiger partial charge in [-0.1, -0.05) is 24.4 Å². The summed E-state index contributed by atoms with van der Waals surface area (Å²) in [6, 6.07) is 7.32. The molecule has 1 aromatic carbocycles. The number of benzene rings is 1. The molecule has 8 heteroatoms. The highest BCUT2D eigenvalue weighted by Gasteiger charge is 2.27. The normalized spacial score (nSPS) is 21.6. The van der Waals surface area contributed by atoms with Gasteiger partial charge in [-0.15, -0.1) is 0 Å². The number of thiocarbonyl (C=S) groups is 1. The first kappa shape index (κ1) is 21.6. The second-order valence-corrected chi connectivity index (χ2v) is 10.6. The Balaban J connectivity index is 1.80. The lowest BCUT2D eigenvalue weighted by molar-refractivity contribution is 0.150. The molecule has 2 fully saturated rings. The van der Waals surface area contributed by atoms with E-state index in [9.17, 15) is 8.42 Å². The van der Waals surface area contributed by atoms with E-state index in [4.69, 9.17) is 12.2 Å². The molecule has 2 saturated heterocycles. The Kier molecular flexibility index (Phi) is 7.09. The molecular weight excluding hydrogens is 392 g/mol. The Bertz CT molecular complexity index is 766. The van der Waals surface area contributed by atoms with Gasteiger partial charge in [-0.2, -0.15) is 0 Å². The van der Waals surface area contributed by atoms with Gasteiger partial charge in [-0.3, -0.25) is 4.90 Å². The number of hydrogen-bond donors (Lipinski definition) is 0. The molecule has 1 aromatic rings. The standard InChI is InChI=1S/C20H32N4O2S2/c1-21-8-12-23(13-9-21)16-19(20(27)24-14-10-22(2)11-15-24)17-4-6-18(7-5-17)28(3,25)26/h4-7,19H,8-16H2,1-3H3. The van der Waals surface area contributed by atoms with Crippen LogP contribution in [0.25, 0.3) is 0 Å². The molecule has 0 aliphatic carbocycles. The van der Waals surface area contributed by atoms with E-state index in [-0.39, 0.29) is 5.92 Å². The summed E-state index contributed by atoms with van der Waals surface area (Å²) < 4.78 is 23.6. The number of sulfone groups is 1. The van der Waals surface area contributed by atoms with Gasteiger partial charge in [-0.05, 0) is 31.8 Å². The highest BCUT2D eigenvalue weighted by molar-refractivity contribution is 7.90. The highest BCUT2D eigenvalue weighted by Crippen LogP contribution is 2.24. The number of rotatable bonds is 5. The third kappa shape index (κ3) is 5.51. The maximum absolute atomic E-state index is 11.8. The summed E-state index contributed by atoms with van der Waals surface area (Å²) in [7, 11) is 1.11. The molecule has 2 aliphatic rings. The molecule has 0 spiro atoms. The fourth-order valence-corrected chi connectivity index (χ4v) is 4.83. The van der Waals surface area contributed by atoms with Crippen LogP contribution in [-0.2, 0) is 9.84 Å². The first-order valence-electron chi connectivity index (χ1n) is 9.92. The lowest BCUT2D eigenvalue weighted by Crippen LogP contribution is -2.51. The van der Waals surface area contributed by atoms with Crippen molar-refractivity contribution in [1.82, 2.24) is 19.6 Å². The van der Waals surface area contributed by atoms with Crippen molar-refractivity contribution in [3.63, 3.8) is 0 Å². The first-order chi connectivity index (χ1) is 13.2. The average Bonchev–Trinajstić information content (AvgIpc) is 2.67. The Labute approximate surface area is 175 Å². The molecule has 28 heavy (non-hydrogen) atoms. The van der Waals surface area contributed by atoms with Gasteiger partial charge in [0.15, 0.2) is 9.84 Å². The zero-order valence-electron chi connectivity index (χ0n) is 17.2. The number of hydrogen-bond acceptors (Lipinski definition) is 6. The van der Waals surface area contributed by atoms with Gasteiger partial charge in [0.1, 0.15) is 0 Å². The number of piperazine rings is 2. The topological polar surface area (TPSA) is 47.1 Å². The Hall–Kier alpha value is -1.06. The largest absolute Gasteiger partial charge is 0.363 e. The Morgan fingerprint density at radius 2 is 1.43 bits per heavy atom. The molecule has 1 unspecified atom stereocenters. The molecule has 3 rings (SSSR count). The number of nitrogens with zero attached hydrogens (tertiary/aromatic N) is 4. The summed E-state index contributed by atoms with van der Waals surface area (Å²) in [5.41, 5.74) is 1.11.